The lowest BCUT2D eigenvalue weighted by Crippen LogP contribution is -2.32. The van der Waals surface area contributed by atoms with Gasteiger partial charge >= 0.3 is 0 Å². The van der Waals surface area contributed by atoms with E-state index in [0.29, 0.717) is 28.7 Å². The van der Waals surface area contributed by atoms with Crippen molar-refractivity contribution in [3.05, 3.63) is 23.8 Å². The largest absolute Gasteiger partial charge is 0.493 e. The van der Waals surface area contributed by atoms with Crippen LogP contribution in [0, 0.1) is 5.92 Å². The number of amides is 1. The molecule has 116 valence electrons. The molecule has 1 aliphatic carbocycles. The zero-order valence-corrected chi connectivity index (χ0v) is 14.1. The lowest BCUT2D eigenvalue weighted by molar-refractivity contribution is -0.120. The molecule has 0 saturated heterocycles. The number of carbonyl (C=O) groups is 1. The molecule has 1 aromatic carbocycles. The van der Waals surface area contributed by atoms with E-state index in [1.165, 1.54) is 19.3 Å². The van der Waals surface area contributed by atoms with Crippen molar-refractivity contribution in [2.75, 3.05) is 20.8 Å². The van der Waals surface area contributed by atoms with Gasteiger partial charge in [0.05, 0.1) is 20.6 Å². The molecular formula is C16H22BrNO3. The minimum atomic E-state index is 0.0498. The molecule has 0 aliphatic heterocycles. The molecule has 2 atom stereocenters. The van der Waals surface area contributed by atoms with Crippen LogP contribution in [-0.4, -0.2) is 31.5 Å². The van der Waals surface area contributed by atoms with Crippen LogP contribution in [0.3, 0.4) is 0 Å². The Bertz CT molecular complexity index is 492. The molecule has 4 nitrogen and oxygen atoms in total. The summed E-state index contributed by atoms with van der Waals surface area (Å²) in [6.45, 7) is 0.752. The van der Waals surface area contributed by atoms with Gasteiger partial charge in [-0.2, -0.15) is 0 Å². The molecule has 1 amide bonds. The molecule has 1 saturated carbocycles. The maximum Gasteiger partial charge on any atom is 0.224 e. The average Bonchev–Trinajstić information content (AvgIpc) is 2.90. The molecule has 2 rings (SSSR count). The van der Waals surface area contributed by atoms with Crippen LogP contribution >= 0.6 is 15.9 Å². The SMILES string of the molecule is COc1ccc(CC(=O)NCC2CCCC2Br)cc1OC. The topological polar surface area (TPSA) is 47.6 Å². The van der Waals surface area contributed by atoms with Gasteiger partial charge in [0.15, 0.2) is 11.5 Å². The normalized spacial score (nSPS) is 21.1. The molecule has 0 radical (unpaired) electrons. The Balaban J connectivity index is 1.87. The molecule has 2 unspecified atom stereocenters. The van der Waals surface area contributed by atoms with Crippen molar-refractivity contribution in [2.24, 2.45) is 5.92 Å². The molecule has 1 aromatic rings. The second-order valence-electron chi connectivity index (χ2n) is 5.38. The Morgan fingerprint density at radius 1 is 1.29 bits per heavy atom. The number of hydrogen-bond acceptors (Lipinski definition) is 3. The fourth-order valence-electron chi connectivity index (χ4n) is 2.70. The number of methoxy groups -OCH3 is 2. The number of ether oxygens (including phenoxy) is 2. The third kappa shape index (κ3) is 4.37. The van der Waals surface area contributed by atoms with Crippen molar-refractivity contribution in [3.8, 4) is 11.5 Å². The maximum absolute atomic E-state index is 12.0. The van der Waals surface area contributed by atoms with Crippen LogP contribution < -0.4 is 14.8 Å². The number of rotatable bonds is 6. The first-order valence-electron chi connectivity index (χ1n) is 7.25. The molecule has 1 N–H and O–H groups in total. The Hall–Kier alpha value is -1.23. The average molecular weight is 356 g/mol. The molecule has 0 bridgehead atoms. The van der Waals surface area contributed by atoms with E-state index in [4.69, 9.17) is 9.47 Å². The molecule has 0 spiro atoms. The summed E-state index contributed by atoms with van der Waals surface area (Å²) in [5, 5.41) is 3.03. The third-order valence-electron chi connectivity index (χ3n) is 3.94. The van der Waals surface area contributed by atoms with Crippen molar-refractivity contribution < 1.29 is 14.3 Å². The van der Waals surface area contributed by atoms with E-state index in [-0.39, 0.29) is 5.91 Å². The minimum Gasteiger partial charge on any atom is -0.493 e. The summed E-state index contributed by atoms with van der Waals surface area (Å²) >= 11 is 3.67. The van der Waals surface area contributed by atoms with Gasteiger partial charge in [-0.1, -0.05) is 28.4 Å². The Morgan fingerprint density at radius 3 is 2.67 bits per heavy atom. The molecule has 1 fully saturated rings. The summed E-state index contributed by atoms with van der Waals surface area (Å²) in [4.78, 5) is 12.6. The van der Waals surface area contributed by atoms with Crippen molar-refractivity contribution in [1.82, 2.24) is 5.32 Å². The van der Waals surface area contributed by atoms with E-state index in [1.807, 2.05) is 18.2 Å². The number of alkyl halides is 1. The highest BCUT2D eigenvalue weighted by Crippen LogP contribution is 2.31. The first kappa shape index (κ1) is 16.1. The molecule has 5 heteroatoms. The highest BCUT2D eigenvalue weighted by molar-refractivity contribution is 9.09. The van der Waals surface area contributed by atoms with Gasteiger partial charge in [-0.25, -0.2) is 0 Å². The number of benzene rings is 1. The van der Waals surface area contributed by atoms with Gasteiger partial charge in [-0.3, -0.25) is 4.79 Å². The van der Waals surface area contributed by atoms with Crippen molar-refractivity contribution in [1.29, 1.82) is 0 Å². The number of halogens is 1. The van der Waals surface area contributed by atoms with Crippen LogP contribution in [0.1, 0.15) is 24.8 Å². The quantitative estimate of drug-likeness (QED) is 0.798. The number of carbonyl (C=O) groups excluding carboxylic acids is 1. The van der Waals surface area contributed by atoms with Crippen LogP contribution in [-0.2, 0) is 11.2 Å². The Kier molecular flexibility index (Phi) is 5.91. The van der Waals surface area contributed by atoms with Crippen LogP contribution in [0.15, 0.2) is 18.2 Å². The van der Waals surface area contributed by atoms with E-state index in [9.17, 15) is 4.79 Å². The van der Waals surface area contributed by atoms with Gasteiger partial charge in [0, 0.05) is 11.4 Å². The summed E-state index contributed by atoms with van der Waals surface area (Å²) in [6, 6.07) is 5.57. The minimum absolute atomic E-state index is 0.0498. The predicted molar refractivity (Wildman–Crippen MR) is 86.3 cm³/mol. The number of hydrogen-bond donors (Lipinski definition) is 1. The third-order valence-corrected chi connectivity index (χ3v) is 5.15. The van der Waals surface area contributed by atoms with Gasteiger partial charge in [0.2, 0.25) is 5.91 Å². The lowest BCUT2D eigenvalue weighted by Gasteiger charge is -2.15. The first-order valence-corrected chi connectivity index (χ1v) is 8.17. The first-order chi connectivity index (χ1) is 10.1. The van der Waals surface area contributed by atoms with E-state index >= 15 is 0 Å². The van der Waals surface area contributed by atoms with Gasteiger partial charge in [-0.15, -0.1) is 0 Å². The van der Waals surface area contributed by atoms with E-state index in [2.05, 4.69) is 21.2 Å². The smallest absolute Gasteiger partial charge is 0.224 e. The van der Waals surface area contributed by atoms with Gasteiger partial charge in [0.1, 0.15) is 0 Å². The standard InChI is InChI=1S/C16H22BrNO3/c1-20-14-7-6-11(8-15(14)21-2)9-16(19)18-10-12-4-3-5-13(12)17/h6-8,12-13H,3-5,9-10H2,1-2H3,(H,18,19). The fraction of sp³-hybridized carbons (Fsp3) is 0.562. The second kappa shape index (κ2) is 7.69. The van der Waals surface area contributed by atoms with Gasteiger partial charge < -0.3 is 14.8 Å². The predicted octanol–water partition coefficient (Wildman–Crippen LogP) is 2.93. The summed E-state index contributed by atoms with van der Waals surface area (Å²) in [6.07, 6.45) is 3.99. The molecule has 0 aromatic heterocycles. The van der Waals surface area contributed by atoms with Gasteiger partial charge in [0.25, 0.3) is 0 Å². The number of nitrogens with one attached hydrogen (secondary N) is 1. The lowest BCUT2D eigenvalue weighted by atomic mass is 10.1. The molecule has 0 heterocycles. The molecule has 21 heavy (non-hydrogen) atoms. The monoisotopic (exact) mass is 355 g/mol. The highest BCUT2D eigenvalue weighted by atomic mass is 79.9. The summed E-state index contributed by atoms with van der Waals surface area (Å²) in [5.74, 6) is 1.93. The van der Waals surface area contributed by atoms with E-state index in [0.717, 1.165) is 12.1 Å². The second-order valence-corrected chi connectivity index (χ2v) is 6.55. The zero-order chi connectivity index (χ0) is 15.2. The van der Waals surface area contributed by atoms with Crippen LogP contribution in [0.5, 0.6) is 11.5 Å². The fourth-order valence-corrected chi connectivity index (χ4v) is 3.48. The van der Waals surface area contributed by atoms with Crippen LogP contribution in [0.2, 0.25) is 0 Å². The Labute approximate surface area is 134 Å². The van der Waals surface area contributed by atoms with Crippen molar-refractivity contribution >= 4 is 21.8 Å². The molecule has 1 aliphatic rings. The van der Waals surface area contributed by atoms with E-state index < -0.39 is 0 Å². The Morgan fingerprint density at radius 2 is 2.05 bits per heavy atom. The highest BCUT2D eigenvalue weighted by Gasteiger charge is 2.24. The van der Waals surface area contributed by atoms with Crippen molar-refractivity contribution in [2.45, 2.75) is 30.5 Å². The van der Waals surface area contributed by atoms with E-state index in [1.54, 1.807) is 14.2 Å². The van der Waals surface area contributed by atoms with Crippen LogP contribution in [0.25, 0.3) is 0 Å². The summed E-state index contributed by atoms with van der Waals surface area (Å²) < 4.78 is 10.4. The maximum atomic E-state index is 12.0. The summed E-state index contributed by atoms with van der Waals surface area (Å²) in [5.41, 5.74) is 0.923. The zero-order valence-electron chi connectivity index (χ0n) is 12.5. The van der Waals surface area contributed by atoms with Gasteiger partial charge in [-0.05, 0) is 36.5 Å². The van der Waals surface area contributed by atoms with Crippen LogP contribution in [0.4, 0.5) is 0 Å². The summed E-state index contributed by atoms with van der Waals surface area (Å²) in [7, 11) is 3.19. The molecular weight excluding hydrogens is 334 g/mol. The van der Waals surface area contributed by atoms with Crippen molar-refractivity contribution in [3.63, 3.8) is 0 Å².